The Bertz CT molecular complexity index is 1160. The van der Waals surface area contributed by atoms with Crippen LogP contribution in [0.5, 0.6) is 0 Å². The van der Waals surface area contributed by atoms with E-state index in [0.717, 1.165) is 24.0 Å². The zero-order chi connectivity index (χ0) is 21.7. The number of carbonyl (C=O) groups is 1. The zero-order valence-corrected chi connectivity index (χ0v) is 17.7. The second kappa shape index (κ2) is 7.52. The first-order chi connectivity index (χ1) is 14.9. The fourth-order valence-corrected chi connectivity index (χ4v) is 5.20. The van der Waals surface area contributed by atoms with Crippen LogP contribution in [-0.4, -0.2) is 28.1 Å². The summed E-state index contributed by atoms with van der Waals surface area (Å²) in [6.07, 6.45) is 4.69. The number of carboxylic acid groups (broad SMARTS) is 1. The van der Waals surface area contributed by atoms with Gasteiger partial charge in [0.15, 0.2) is 0 Å². The first-order valence-electron chi connectivity index (χ1n) is 10.9. The molecule has 0 spiro atoms. The molecule has 5 rings (SSSR count). The minimum Gasteiger partial charge on any atom is -0.478 e. The predicted molar refractivity (Wildman–Crippen MR) is 120 cm³/mol. The van der Waals surface area contributed by atoms with E-state index >= 15 is 4.39 Å². The Hall–Kier alpha value is -3.15. The van der Waals surface area contributed by atoms with Crippen LogP contribution in [0.15, 0.2) is 42.5 Å². The Morgan fingerprint density at radius 1 is 1.23 bits per heavy atom. The van der Waals surface area contributed by atoms with Gasteiger partial charge in [-0.1, -0.05) is 18.2 Å². The first-order valence-corrected chi connectivity index (χ1v) is 10.9. The summed E-state index contributed by atoms with van der Waals surface area (Å²) in [7, 11) is 0. The molecule has 0 aliphatic carbocycles. The van der Waals surface area contributed by atoms with Gasteiger partial charge in [0.2, 0.25) is 0 Å². The molecule has 2 aliphatic heterocycles. The van der Waals surface area contributed by atoms with Crippen molar-refractivity contribution in [3.8, 4) is 0 Å². The molecule has 3 heterocycles. The number of pyridine rings is 1. The normalized spacial score (nSPS) is 20.9. The van der Waals surface area contributed by atoms with Crippen LogP contribution in [0.4, 0.5) is 15.9 Å². The maximum atomic E-state index is 15.2. The average molecular weight is 420 g/mol. The van der Waals surface area contributed by atoms with Gasteiger partial charge in [0.1, 0.15) is 11.6 Å². The molecule has 3 atom stereocenters. The Balaban J connectivity index is 1.57. The third kappa shape index (κ3) is 3.40. The van der Waals surface area contributed by atoms with Crippen LogP contribution in [0.1, 0.15) is 60.1 Å². The molecule has 2 aromatic carbocycles. The number of anilines is 2. The van der Waals surface area contributed by atoms with Gasteiger partial charge in [-0.05, 0) is 63.3 Å². The van der Waals surface area contributed by atoms with Crippen molar-refractivity contribution in [2.75, 3.05) is 10.2 Å². The van der Waals surface area contributed by atoms with Crippen molar-refractivity contribution >= 4 is 28.4 Å². The Kier molecular flexibility index (Phi) is 4.80. The van der Waals surface area contributed by atoms with Crippen LogP contribution in [0.2, 0.25) is 0 Å². The summed E-state index contributed by atoms with van der Waals surface area (Å²) in [4.78, 5) is 18.8. The van der Waals surface area contributed by atoms with E-state index in [-0.39, 0.29) is 17.4 Å². The lowest BCUT2D eigenvalue weighted by atomic mass is 9.79. The summed E-state index contributed by atoms with van der Waals surface area (Å²) >= 11 is 0. The van der Waals surface area contributed by atoms with Gasteiger partial charge in [0.05, 0.1) is 17.1 Å². The van der Waals surface area contributed by atoms with E-state index in [1.54, 1.807) is 30.3 Å². The topological polar surface area (TPSA) is 65.5 Å². The van der Waals surface area contributed by atoms with Crippen molar-refractivity contribution in [3.05, 3.63) is 65.0 Å². The zero-order valence-electron chi connectivity index (χ0n) is 17.7. The molecular formula is C25H26FN3O2. The fourth-order valence-electron chi connectivity index (χ4n) is 5.20. The Morgan fingerprint density at radius 2 is 1.97 bits per heavy atom. The van der Waals surface area contributed by atoms with Crippen LogP contribution >= 0.6 is 0 Å². The van der Waals surface area contributed by atoms with Crippen LogP contribution in [0.25, 0.3) is 10.9 Å². The molecule has 2 fully saturated rings. The number of para-hydroxylation sites is 1. The quantitative estimate of drug-likeness (QED) is 0.557. The summed E-state index contributed by atoms with van der Waals surface area (Å²) in [5.74, 6) is -0.526. The van der Waals surface area contributed by atoms with Gasteiger partial charge in [-0.25, -0.2) is 14.2 Å². The van der Waals surface area contributed by atoms with Gasteiger partial charge in [-0.2, -0.15) is 0 Å². The summed E-state index contributed by atoms with van der Waals surface area (Å²) < 4.78 is 15.2. The van der Waals surface area contributed by atoms with Gasteiger partial charge in [-0.3, -0.25) is 0 Å². The second-order valence-electron chi connectivity index (χ2n) is 8.81. The molecule has 0 saturated carbocycles. The molecule has 1 aromatic heterocycles. The Morgan fingerprint density at radius 3 is 2.68 bits per heavy atom. The molecule has 160 valence electrons. The lowest BCUT2D eigenvalue weighted by Crippen LogP contribution is -2.59. The lowest BCUT2D eigenvalue weighted by molar-refractivity contribution is 0.0698. The van der Waals surface area contributed by atoms with Crippen LogP contribution in [-0.2, 0) is 0 Å². The van der Waals surface area contributed by atoms with Gasteiger partial charge < -0.3 is 15.3 Å². The number of nitrogens with zero attached hydrogens (tertiary/aromatic N) is 2. The molecule has 6 heteroatoms. The molecule has 0 radical (unpaired) electrons. The number of aromatic carboxylic acids is 1. The molecule has 2 aliphatic rings. The van der Waals surface area contributed by atoms with E-state index in [2.05, 4.69) is 10.2 Å². The highest BCUT2D eigenvalue weighted by molar-refractivity contribution is 5.94. The second-order valence-corrected chi connectivity index (χ2v) is 8.81. The van der Waals surface area contributed by atoms with Crippen molar-refractivity contribution < 1.29 is 14.3 Å². The molecule has 31 heavy (non-hydrogen) atoms. The van der Waals surface area contributed by atoms with E-state index in [1.807, 2.05) is 26.0 Å². The molecular weight excluding hydrogens is 393 g/mol. The molecule has 2 unspecified atom stereocenters. The maximum Gasteiger partial charge on any atom is 0.337 e. The number of aryl methyl sites for hydroxylation is 1. The standard InChI is InChI=1S/C25H26FN3O2/c1-14-10-19(15(2)27-22-9-4-3-8-18(22)25(30)31)24-20(11-14)21(26)13-23(28-24)29-16-6-5-7-17(29)12-16/h3-4,8-11,13,15-17,27H,5-7,12H2,1-2H3,(H,30,31)/t15-,16?,17?/m0/s1. The highest BCUT2D eigenvalue weighted by atomic mass is 19.1. The lowest BCUT2D eigenvalue weighted by Gasteiger charge is -2.53. The smallest absolute Gasteiger partial charge is 0.337 e. The number of halogens is 1. The predicted octanol–water partition coefficient (Wildman–Crippen LogP) is 5.68. The van der Waals surface area contributed by atoms with Crippen LogP contribution in [0.3, 0.4) is 0 Å². The fraction of sp³-hybridized carbons (Fsp3) is 0.360. The summed E-state index contributed by atoms with van der Waals surface area (Å²) in [6, 6.07) is 12.9. The maximum absolute atomic E-state index is 15.2. The van der Waals surface area contributed by atoms with Crippen molar-refractivity contribution in [1.29, 1.82) is 0 Å². The molecule has 0 amide bonds. The van der Waals surface area contributed by atoms with Gasteiger partial charge in [0.25, 0.3) is 0 Å². The highest BCUT2D eigenvalue weighted by Gasteiger charge is 2.42. The summed E-state index contributed by atoms with van der Waals surface area (Å²) in [5, 5.41) is 13.3. The summed E-state index contributed by atoms with van der Waals surface area (Å²) in [5.41, 5.74) is 3.18. The minimum atomic E-state index is -0.986. The van der Waals surface area contributed by atoms with Crippen molar-refractivity contribution in [3.63, 3.8) is 0 Å². The monoisotopic (exact) mass is 419 g/mol. The first kappa shape index (κ1) is 19.8. The molecule has 3 aromatic rings. The number of aromatic nitrogens is 1. The highest BCUT2D eigenvalue weighted by Crippen LogP contribution is 2.42. The third-order valence-electron chi connectivity index (χ3n) is 6.69. The molecule has 2 N–H and O–H groups in total. The van der Waals surface area contributed by atoms with Gasteiger partial charge in [-0.15, -0.1) is 0 Å². The minimum absolute atomic E-state index is 0.208. The van der Waals surface area contributed by atoms with Crippen molar-refractivity contribution in [1.82, 2.24) is 4.98 Å². The number of piperidine rings is 1. The van der Waals surface area contributed by atoms with E-state index < -0.39 is 5.97 Å². The number of benzene rings is 2. The van der Waals surface area contributed by atoms with E-state index in [4.69, 9.17) is 4.98 Å². The van der Waals surface area contributed by atoms with E-state index in [9.17, 15) is 9.90 Å². The SMILES string of the molecule is Cc1cc([C@H](C)Nc2ccccc2C(=O)O)c2nc(N3C4CCCC3C4)cc(F)c2c1. The number of fused-ring (bicyclic) bond motifs is 3. The van der Waals surface area contributed by atoms with E-state index in [0.29, 0.717) is 34.5 Å². The van der Waals surface area contributed by atoms with Crippen LogP contribution in [0, 0.1) is 12.7 Å². The number of hydrogen-bond donors (Lipinski definition) is 2. The summed E-state index contributed by atoms with van der Waals surface area (Å²) in [6.45, 7) is 3.89. The number of rotatable bonds is 5. The largest absolute Gasteiger partial charge is 0.478 e. The van der Waals surface area contributed by atoms with E-state index in [1.165, 1.54) is 12.8 Å². The number of carboxylic acids is 1. The van der Waals surface area contributed by atoms with Gasteiger partial charge in [0, 0.05) is 34.8 Å². The van der Waals surface area contributed by atoms with Crippen molar-refractivity contribution in [2.45, 2.75) is 57.7 Å². The Labute approximate surface area is 180 Å². The van der Waals surface area contributed by atoms with Gasteiger partial charge >= 0.3 is 5.97 Å². The number of hydrogen-bond acceptors (Lipinski definition) is 4. The molecule has 5 nitrogen and oxygen atoms in total. The third-order valence-corrected chi connectivity index (χ3v) is 6.69. The van der Waals surface area contributed by atoms with Crippen molar-refractivity contribution in [2.24, 2.45) is 0 Å². The average Bonchev–Trinajstić information content (AvgIpc) is 2.74. The molecule has 2 bridgehead atoms. The number of nitrogens with one attached hydrogen (secondary N) is 1. The van der Waals surface area contributed by atoms with Crippen LogP contribution < -0.4 is 10.2 Å². The molecule has 2 saturated heterocycles.